The molecule has 0 rings (SSSR count). The molecule has 0 aliphatic carbocycles. The highest BCUT2D eigenvalue weighted by atomic mass is 16.3. The van der Waals surface area contributed by atoms with Crippen LogP contribution in [0.15, 0.2) is 0 Å². The van der Waals surface area contributed by atoms with Gasteiger partial charge in [0.05, 0.1) is 12.5 Å². The quantitative estimate of drug-likeness (QED) is 0.475. The first kappa shape index (κ1) is 9.39. The SMILES string of the molecule is CC(C)(N)C(O)CC(N)=O. The van der Waals surface area contributed by atoms with E-state index in [0.29, 0.717) is 0 Å². The van der Waals surface area contributed by atoms with Gasteiger partial charge in [0.15, 0.2) is 0 Å². The molecular formula is C6H14N2O2. The summed E-state index contributed by atoms with van der Waals surface area (Å²) in [6.07, 6.45) is -0.936. The summed E-state index contributed by atoms with van der Waals surface area (Å²) >= 11 is 0. The highest BCUT2D eigenvalue weighted by Gasteiger charge is 2.23. The predicted molar refractivity (Wildman–Crippen MR) is 38.1 cm³/mol. The van der Waals surface area contributed by atoms with Crippen molar-refractivity contribution in [2.75, 3.05) is 0 Å². The lowest BCUT2D eigenvalue weighted by Crippen LogP contribution is -2.46. The van der Waals surface area contributed by atoms with Gasteiger partial charge in [0, 0.05) is 5.54 Å². The molecule has 0 bridgehead atoms. The van der Waals surface area contributed by atoms with Crippen molar-refractivity contribution in [2.45, 2.75) is 31.9 Å². The van der Waals surface area contributed by atoms with Crippen molar-refractivity contribution in [1.29, 1.82) is 0 Å². The topological polar surface area (TPSA) is 89.3 Å². The van der Waals surface area contributed by atoms with Gasteiger partial charge in [0.2, 0.25) is 5.91 Å². The lowest BCUT2D eigenvalue weighted by atomic mass is 9.96. The number of amides is 1. The van der Waals surface area contributed by atoms with Crippen molar-refractivity contribution >= 4 is 5.91 Å². The van der Waals surface area contributed by atoms with E-state index in [1.54, 1.807) is 13.8 Å². The van der Waals surface area contributed by atoms with Crippen molar-refractivity contribution in [3.8, 4) is 0 Å². The molecule has 4 heteroatoms. The molecule has 0 aromatic carbocycles. The Morgan fingerprint density at radius 3 is 2.20 bits per heavy atom. The monoisotopic (exact) mass is 146 g/mol. The van der Waals surface area contributed by atoms with E-state index in [1.807, 2.05) is 0 Å². The summed E-state index contributed by atoms with van der Waals surface area (Å²) in [5.74, 6) is -0.536. The summed E-state index contributed by atoms with van der Waals surface area (Å²) in [7, 11) is 0. The smallest absolute Gasteiger partial charge is 0.220 e. The van der Waals surface area contributed by atoms with Crippen LogP contribution >= 0.6 is 0 Å². The third-order valence-electron chi connectivity index (χ3n) is 1.25. The maximum absolute atomic E-state index is 10.3. The molecule has 0 aromatic rings. The van der Waals surface area contributed by atoms with Gasteiger partial charge in [-0.15, -0.1) is 0 Å². The summed E-state index contributed by atoms with van der Waals surface area (Å²) in [5.41, 5.74) is 9.55. The summed E-state index contributed by atoms with van der Waals surface area (Å²) < 4.78 is 0. The molecular weight excluding hydrogens is 132 g/mol. The molecule has 4 nitrogen and oxygen atoms in total. The third kappa shape index (κ3) is 3.42. The van der Waals surface area contributed by atoms with E-state index in [-0.39, 0.29) is 6.42 Å². The van der Waals surface area contributed by atoms with Crippen molar-refractivity contribution < 1.29 is 9.90 Å². The number of rotatable bonds is 3. The second-order valence-electron chi connectivity index (χ2n) is 3.01. The molecule has 0 saturated carbocycles. The number of carbonyl (C=O) groups is 1. The Labute approximate surface area is 60.2 Å². The minimum Gasteiger partial charge on any atom is -0.391 e. The van der Waals surface area contributed by atoms with Crippen LogP contribution in [0.4, 0.5) is 0 Å². The molecule has 5 N–H and O–H groups in total. The molecule has 1 atom stereocenters. The highest BCUT2D eigenvalue weighted by Crippen LogP contribution is 2.07. The van der Waals surface area contributed by atoms with Crippen LogP contribution < -0.4 is 11.5 Å². The number of hydrogen-bond donors (Lipinski definition) is 3. The van der Waals surface area contributed by atoms with Gasteiger partial charge in [0.1, 0.15) is 0 Å². The van der Waals surface area contributed by atoms with Gasteiger partial charge in [-0.05, 0) is 13.8 Å². The number of carbonyl (C=O) groups excluding carboxylic acids is 1. The normalized spacial score (nSPS) is 14.8. The number of nitrogens with two attached hydrogens (primary N) is 2. The Kier molecular flexibility index (Phi) is 2.80. The zero-order chi connectivity index (χ0) is 8.36. The molecule has 0 aromatic heterocycles. The molecule has 0 saturated heterocycles. The number of aliphatic hydroxyl groups is 1. The Hall–Kier alpha value is -0.610. The fraction of sp³-hybridized carbons (Fsp3) is 0.833. The standard InChI is InChI=1S/C6H14N2O2/c1-6(2,8)4(9)3-5(7)10/h4,9H,3,8H2,1-2H3,(H2,7,10). The zero-order valence-electron chi connectivity index (χ0n) is 6.29. The summed E-state index contributed by atoms with van der Waals surface area (Å²) in [5, 5.41) is 9.13. The molecule has 0 radical (unpaired) electrons. The van der Waals surface area contributed by atoms with Gasteiger partial charge in [0.25, 0.3) is 0 Å². The first-order valence-electron chi connectivity index (χ1n) is 3.09. The van der Waals surface area contributed by atoms with E-state index in [2.05, 4.69) is 0 Å². The maximum atomic E-state index is 10.3. The number of hydrogen-bond acceptors (Lipinski definition) is 3. The van der Waals surface area contributed by atoms with E-state index in [9.17, 15) is 4.79 Å². The van der Waals surface area contributed by atoms with Crippen LogP contribution in [0.1, 0.15) is 20.3 Å². The third-order valence-corrected chi connectivity index (χ3v) is 1.25. The zero-order valence-corrected chi connectivity index (χ0v) is 6.29. The average Bonchev–Trinajstić information content (AvgIpc) is 1.60. The molecule has 0 aliphatic heterocycles. The van der Waals surface area contributed by atoms with Gasteiger partial charge in [-0.25, -0.2) is 0 Å². The first-order valence-corrected chi connectivity index (χ1v) is 3.09. The number of aliphatic hydroxyl groups excluding tert-OH is 1. The van der Waals surface area contributed by atoms with Crippen molar-refractivity contribution in [3.63, 3.8) is 0 Å². The molecule has 0 heterocycles. The molecule has 0 aliphatic rings. The van der Waals surface area contributed by atoms with Crippen molar-refractivity contribution in [1.82, 2.24) is 0 Å². The van der Waals surface area contributed by atoms with Gasteiger partial charge < -0.3 is 16.6 Å². The molecule has 0 fully saturated rings. The average molecular weight is 146 g/mol. The first-order chi connectivity index (χ1) is 4.34. The van der Waals surface area contributed by atoms with Crippen LogP contribution in [0.25, 0.3) is 0 Å². The summed E-state index contributed by atoms with van der Waals surface area (Å²) in [4.78, 5) is 10.3. The molecule has 1 amide bonds. The fourth-order valence-corrected chi connectivity index (χ4v) is 0.454. The molecule has 10 heavy (non-hydrogen) atoms. The molecule has 60 valence electrons. The van der Waals surface area contributed by atoms with Crippen molar-refractivity contribution in [2.24, 2.45) is 11.5 Å². The largest absolute Gasteiger partial charge is 0.391 e. The fourth-order valence-electron chi connectivity index (χ4n) is 0.454. The maximum Gasteiger partial charge on any atom is 0.220 e. The van der Waals surface area contributed by atoms with E-state index >= 15 is 0 Å². The van der Waals surface area contributed by atoms with Crippen molar-refractivity contribution in [3.05, 3.63) is 0 Å². The highest BCUT2D eigenvalue weighted by molar-refractivity contribution is 5.74. The summed E-state index contributed by atoms with van der Waals surface area (Å²) in [6.45, 7) is 3.28. The second-order valence-corrected chi connectivity index (χ2v) is 3.01. The minimum atomic E-state index is -0.856. The molecule has 0 spiro atoms. The van der Waals surface area contributed by atoms with Gasteiger partial charge in [-0.2, -0.15) is 0 Å². The Balaban J connectivity index is 3.85. The number of primary amides is 1. The Morgan fingerprint density at radius 1 is 1.70 bits per heavy atom. The minimum absolute atomic E-state index is 0.0799. The lowest BCUT2D eigenvalue weighted by Gasteiger charge is -2.24. The second kappa shape index (κ2) is 2.98. The van der Waals surface area contributed by atoms with Crippen LogP contribution in [0.3, 0.4) is 0 Å². The van der Waals surface area contributed by atoms with E-state index in [4.69, 9.17) is 16.6 Å². The van der Waals surface area contributed by atoms with Crippen LogP contribution in [0.2, 0.25) is 0 Å². The van der Waals surface area contributed by atoms with Gasteiger partial charge in [-0.3, -0.25) is 4.79 Å². The van der Waals surface area contributed by atoms with Crippen LogP contribution in [0.5, 0.6) is 0 Å². The lowest BCUT2D eigenvalue weighted by molar-refractivity contribution is -0.120. The van der Waals surface area contributed by atoms with Gasteiger partial charge in [-0.1, -0.05) is 0 Å². The predicted octanol–water partition coefficient (Wildman–Crippen LogP) is -1.04. The van der Waals surface area contributed by atoms with Gasteiger partial charge >= 0.3 is 0 Å². The van der Waals surface area contributed by atoms with E-state index < -0.39 is 17.6 Å². The van der Waals surface area contributed by atoms with Crippen LogP contribution in [-0.4, -0.2) is 22.7 Å². The Bertz CT molecular complexity index is 128. The van der Waals surface area contributed by atoms with E-state index in [0.717, 1.165) is 0 Å². The molecule has 1 unspecified atom stereocenters. The van der Waals surface area contributed by atoms with Crippen LogP contribution in [0, 0.1) is 0 Å². The summed E-state index contributed by atoms with van der Waals surface area (Å²) in [6, 6.07) is 0. The van der Waals surface area contributed by atoms with E-state index in [1.165, 1.54) is 0 Å². The Morgan fingerprint density at radius 2 is 2.10 bits per heavy atom. The van der Waals surface area contributed by atoms with Crippen LogP contribution in [-0.2, 0) is 4.79 Å².